The highest BCUT2D eigenvalue weighted by molar-refractivity contribution is 6.08. The first-order valence-electron chi connectivity index (χ1n) is 7.17. The molecule has 0 radical (unpaired) electrons. The number of amides is 2. The Labute approximate surface area is 132 Å². The fraction of sp³-hybridized carbons (Fsp3) is 0.235. The summed E-state index contributed by atoms with van der Waals surface area (Å²) in [7, 11) is 1.24. The standard InChI is InChI=1S/C17H15FN2O3/c1-10-9-12-7-8-20(17(22)23-2)16(21)14(12)15(19-10)11-3-5-13(18)6-4-11/h3-6,9H,7-8H2,1-2H3. The number of methoxy groups -OCH3 is 1. The van der Waals surface area contributed by atoms with Crippen LogP contribution in [0.1, 0.15) is 21.6 Å². The van der Waals surface area contributed by atoms with Crippen LogP contribution >= 0.6 is 0 Å². The first kappa shape index (κ1) is 15.1. The molecule has 2 heterocycles. The van der Waals surface area contributed by atoms with Gasteiger partial charge < -0.3 is 4.74 Å². The van der Waals surface area contributed by atoms with E-state index in [4.69, 9.17) is 0 Å². The molecule has 0 spiro atoms. The smallest absolute Gasteiger partial charge is 0.416 e. The number of ether oxygens (including phenoxy) is 1. The number of aryl methyl sites for hydroxylation is 1. The van der Waals surface area contributed by atoms with Gasteiger partial charge in [-0.05, 0) is 49.2 Å². The van der Waals surface area contributed by atoms with Crippen LogP contribution in [0.4, 0.5) is 9.18 Å². The van der Waals surface area contributed by atoms with Crippen LogP contribution in [0.5, 0.6) is 0 Å². The Morgan fingerprint density at radius 1 is 1.30 bits per heavy atom. The van der Waals surface area contributed by atoms with Crippen molar-refractivity contribution >= 4 is 12.0 Å². The average Bonchev–Trinajstić information content (AvgIpc) is 2.54. The predicted molar refractivity (Wildman–Crippen MR) is 81.5 cm³/mol. The number of fused-ring (bicyclic) bond motifs is 1. The lowest BCUT2D eigenvalue weighted by Gasteiger charge is -2.27. The molecule has 0 aliphatic carbocycles. The third-order valence-corrected chi connectivity index (χ3v) is 3.81. The molecule has 2 amide bonds. The number of carbonyl (C=O) groups is 2. The summed E-state index contributed by atoms with van der Waals surface area (Å²) in [5.74, 6) is -0.803. The zero-order valence-corrected chi connectivity index (χ0v) is 12.8. The van der Waals surface area contributed by atoms with Crippen LogP contribution in [0.3, 0.4) is 0 Å². The van der Waals surface area contributed by atoms with Gasteiger partial charge in [-0.2, -0.15) is 0 Å². The number of nitrogens with zero attached hydrogens (tertiary/aromatic N) is 2. The topological polar surface area (TPSA) is 59.5 Å². The number of rotatable bonds is 1. The van der Waals surface area contributed by atoms with Crippen molar-refractivity contribution in [3.8, 4) is 11.3 Å². The number of halogens is 1. The van der Waals surface area contributed by atoms with E-state index >= 15 is 0 Å². The molecule has 0 saturated carbocycles. The molecule has 3 rings (SSSR count). The van der Waals surface area contributed by atoms with Gasteiger partial charge in [-0.15, -0.1) is 0 Å². The molecular weight excluding hydrogens is 299 g/mol. The molecule has 0 N–H and O–H groups in total. The highest BCUT2D eigenvalue weighted by Crippen LogP contribution is 2.30. The average molecular weight is 314 g/mol. The number of benzene rings is 1. The number of hydrogen-bond donors (Lipinski definition) is 0. The second kappa shape index (κ2) is 5.79. The van der Waals surface area contributed by atoms with Crippen LogP contribution < -0.4 is 0 Å². The zero-order chi connectivity index (χ0) is 16.6. The summed E-state index contributed by atoms with van der Waals surface area (Å²) in [4.78, 5) is 30.0. The van der Waals surface area contributed by atoms with E-state index in [0.717, 1.165) is 16.2 Å². The summed E-state index contributed by atoms with van der Waals surface area (Å²) in [6.07, 6.45) is -0.153. The Balaban J connectivity index is 2.15. The van der Waals surface area contributed by atoms with Crippen molar-refractivity contribution in [2.45, 2.75) is 13.3 Å². The molecule has 1 aromatic carbocycles. The third-order valence-electron chi connectivity index (χ3n) is 3.81. The predicted octanol–water partition coefficient (Wildman–Crippen LogP) is 2.96. The van der Waals surface area contributed by atoms with E-state index in [1.54, 1.807) is 12.1 Å². The first-order valence-corrected chi connectivity index (χ1v) is 7.17. The first-order chi connectivity index (χ1) is 11.0. The van der Waals surface area contributed by atoms with Gasteiger partial charge in [0.15, 0.2) is 0 Å². The lowest BCUT2D eigenvalue weighted by molar-refractivity contribution is 0.0692. The molecule has 0 atom stereocenters. The van der Waals surface area contributed by atoms with Gasteiger partial charge in [0, 0.05) is 17.8 Å². The lowest BCUT2D eigenvalue weighted by atomic mass is 9.94. The summed E-state index contributed by atoms with van der Waals surface area (Å²) in [6.45, 7) is 2.11. The van der Waals surface area contributed by atoms with Crippen molar-refractivity contribution in [2.75, 3.05) is 13.7 Å². The van der Waals surface area contributed by atoms with Crippen LogP contribution in [-0.2, 0) is 11.2 Å². The summed E-state index contributed by atoms with van der Waals surface area (Å²) in [6, 6.07) is 7.62. The molecule has 6 heteroatoms. The van der Waals surface area contributed by atoms with Crippen molar-refractivity contribution in [1.29, 1.82) is 0 Å². The van der Waals surface area contributed by atoms with E-state index in [1.807, 2.05) is 13.0 Å². The minimum atomic E-state index is -0.689. The normalized spacial score (nSPS) is 13.7. The molecule has 0 fully saturated rings. The van der Waals surface area contributed by atoms with E-state index in [0.29, 0.717) is 23.2 Å². The van der Waals surface area contributed by atoms with Crippen LogP contribution in [0.2, 0.25) is 0 Å². The molecule has 1 aromatic heterocycles. The Morgan fingerprint density at radius 3 is 2.65 bits per heavy atom. The van der Waals surface area contributed by atoms with Crippen molar-refractivity contribution in [3.05, 3.63) is 53.0 Å². The van der Waals surface area contributed by atoms with Gasteiger partial charge in [0.25, 0.3) is 5.91 Å². The van der Waals surface area contributed by atoms with Crippen LogP contribution in [0.25, 0.3) is 11.3 Å². The Bertz CT molecular complexity index is 787. The summed E-state index contributed by atoms with van der Waals surface area (Å²) in [5, 5.41) is 0. The molecule has 0 saturated heterocycles. The number of hydrogen-bond acceptors (Lipinski definition) is 4. The van der Waals surface area contributed by atoms with Crippen molar-refractivity contribution in [3.63, 3.8) is 0 Å². The lowest BCUT2D eigenvalue weighted by Crippen LogP contribution is -2.42. The van der Waals surface area contributed by atoms with E-state index in [-0.39, 0.29) is 12.4 Å². The summed E-state index contributed by atoms with van der Waals surface area (Å²) < 4.78 is 17.8. The fourth-order valence-corrected chi connectivity index (χ4v) is 2.75. The zero-order valence-electron chi connectivity index (χ0n) is 12.8. The van der Waals surface area contributed by atoms with Crippen LogP contribution in [0.15, 0.2) is 30.3 Å². The summed E-state index contributed by atoms with van der Waals surface area (Å²) >= 11 is 0. The number of imide groups is 1. The Hall–Kier alpha value is -2.76. The molecule has 0 unspecified atom stereocenters. The minimum absolute atomic E-state index is 0.269. The molecule has 1 aliphatic rings. The van der Waals surface area contributed by atoms with Crippen LogP contribution in [0, 0.1) is 12.7 Å². The maximum Gasteiger partial charge on any atom is 0.416 e. The second-order valence-electron chi connectivity index (χ2n) is 5.33. The summed E-state index contributed by atoms with van der Waals surface area (Å²) in [5.41, 5.74) is 3.06. The largest absolute Gasteiger partial charge is 0.452 e. The second-order valence-corrected chi connectivity index (χ2v) is 5.33. The molecule has 0 bridgehead atoms. The SMILES string of the molecule is COC(=O)N1CCc2cc(C)nc(-c3ccc(F)cc3)c2C1=O. The van der Waals surface area contributed by atoms with Crippen molar-refractivity contribution < 1.29 is 18.7 Å². The highest BCUT2D eigenvalue weighted by atomic mass is 19.1. The molecular formula is C17H15FN2O3. The third kappa shape index (κ3) is 2.67. The number of aromatic nitrogens is 1. The van der Waals surface area contributed by atoms with Gasteiger partial charge in [0.1, 0.15) is 5.82 Å². The van der Waals surface area contributed by atoms with Crippen molar-refractivity contribution in [2.24, 2.45) is 0 Å². The Kier molecular flexibility index (Phi) is 3.82. The maximum atomic E-state index is 13.2. The molecule has 2 aromatic rings. The molecule has 118 valence electrons. The monoisotopic (exact) mass is 314 g/mol. The quantitative estimate of drug-likeness (QED) is 0.812. The van der Waals surface area contributed by atoms with Gasteiger partial charge in [-0.1, -0.05) is 0 Å². The van der Waals surface area contributed by atoms with Gasteiger partial charge in [-0.3, -0.25) is 9.78 Å². The van der Waals surface area contributed by atoms with E-state index < -0.39 is 12.0 Å². The number of carbonyl (C=O) groups excluding carboxylic acids is 2. The maximum absolute atomic E-state index is 13.2. The van der Waals surface area contributed by atoms with E-state index in [2.05, 4.69) is 9.72 Å². The number of pyridine rings is 1. The van der Waals surface area contributed by atoms with Gasteiger partial charge in [0.2, 0.25) is 0 Å². The fourth-order valence-electron chi connectivity index (χ4n) is 2.75. The molecule has 5 nitrogen and oxygen atoms in total. The molecule has 23 heavy (non-hydrogen) atoms. The van der Waals surface area contributed by atoms with Gasteiger partial charge >= 0.3 is 6.09 Å². The highest BCUT2D eigenvalue weighted by Gasteiger charge is 2.33. The van der Waals surface area contributed by atoms with Crippen LogP contribution in [-0.4, -0.2) is 35.5 Å². The minimum Gasteiger partial charge on any atom is -0.452 e. The van der Waals surface area contributed by atoms with E-state index in [1.165, 1.54) is 19.2 Å². The Morgan fingerprint density at radius 2 is 2.00 bits per heavy atom. The van der Waals surface area contributed by atoms with Crippen molar-refractivity contribution in [1.82, 2.24) is 9.88 Å². The van der Waals surface area contributed by atoms with Gasteiger partial charge in [-0.25, -0.2) is 14.1 Å². The van der Waals surface area contributed by atoms with E-state index in [9.17, 15) is 14.0 Å². The molecule has 1 aliphatic heterocycles. The van der Waals surface area contributed by atoms with Gasteiger partial charge in [0.05, 0.1) is 18.4 Å².